The number of ether oxygens (including phenoxy) is 1. The van der Waals surface area contributed by atoms with Crippen LogP contribution in [-0.2, 0) is 9.53 Å². The topological polar surface area (TPSA) is 29.5 Å². The molecule has 0 aliphatic heterocycles. The second kappa shape index (κ2) is 19.2. The fourth-order valence-corrected chi connectivity index (χ4v) is 3.37. The van der Waals surface area contributed by atoms with Gasteiger partial charge in [0.05, 0.1) is 0 Å². The summed E-state index contributed by atoms with van der Waals surface area (Å²) in [5.74, 6) is -1.78. The number of nitrogens with zero attached hydrogens (tertiary/aromatic N) is 1. The minimum atomic E-state index is -4.81. The summed E-state index contributed by atoms with van der Waals surface area (Å²) in [5, 5.41) is 0. The molecule has 1 radical (unpaired) electrons. The molecule has 0 aliphatic carbocycles. The first-order chi connectivity index (χ1) is 13.9. The SMILES string of the molecule is [CH2]CCN(CCCOCCCCCCCCCCCCCCC)C(=O)C(F)(F)F. The zero-order chi connectivity index (χ0) is 21.8. The molecule has 0 rings (SSSR count). The van der Waals surface area contributed by atoms with Crippen molar-refractivity contribution in [2.75, 3.05) is 26.3 Å². The van der Waals surface area contributed by atoms with Crippen LogP contribution in [0.25, 0.3) is 0 Å². The van der Waals surface area contributed by atoms with E-state index in [-0.39, 0.29) is 19.5 Å². The molecule has 0 aromatic rings. The van der Waals surface area contributed by atoms with Crippen molar-refractivity contribution in [3.05, 3.63) is 6.92 Å². The summed E-state index contributed by atoms with van der Waals surface area (Å²) < 4.78 is 43.0. The van der Waals surface area contributed by atoms with Gasteiger partial charge < -0.3 is 9.64 Å². The van der Waals surface area contributed by atoms with Crippen molar-refractivity contribution in [3.8, 4) is 0 Å². The summed E-state index contributed by atoms with van der Waals surface area (Å²) in [6.07, 6.45) is 12.7. The van der Waals surface area contributed by atoms with E-state index >= 15 is 0 Å². The van der Waals surface area contributed by atoms with E-state index in [0.29, 0.717) is 19.6 Å². The zero-order valence-electron chi connectivity index (χ0n) is 18.5. The fourth-order valence-electron chi connectivity index (χ4n) is 3.37. The lowest BCUT2D eigenvalue weighted by Gasteiger charge is -2.23. The van der Waals surface area contributed by atoms with Crippen LogP contribution in [-0.4, -0.2) is 43.3 Å². The van der Waals surface area contributed by atoms with Gasteiger partial charge in [-0.1, -0.05) is 90.9 Å². The minimum absolute atomic E-state index is 0.0250. The lowest BCUT2D eigenvalue weighted by Crippen LogP contribution is -2.42. The molecular weight excluding hydrogens is 379 g/mol. The number of hydrogen-bond donors (Lipinski definition) is 0. The van der Waals surface area contributed by atoms with Gasteiger partial charge in [-0.15, -0.1) is 0 Å². The average molecular weight is 423 g/mol. The summed E-state index contributed by atoms with van der Waals surface area (Å²) in [7, 11) is 0. The quantitative estimate of drug-likeness (QED) is 0.196. The van der Waals surface area contributed by atoms with Crippen molar-refractivity contribution < 1.29 is 22.7 Å². The number of halogens is 3. The largest absolute Gasteiger partial charge is 0.471 e. The lowest BCUT2D eigenvalue weighted by atomic mass is 10.0. The minimum Gasteiger partial charge on any atom is -0.381 e. The average Bonchev–Trinajstić information content (AvgIpc) is 2.68. The maximum absolute atomic E-state index is 12.5. The van der Waals surface area contributed by atoms with E-state index in [1.807, 2.05) is 0 Å². The highest BCUT2D eigenvalue weighted by Crippen LogP contribution is 2.19. The van der Waals surface area contributed by atoms with Crippen molar-refractivity contribution >= 4 is 5.91 Å². The van der Waals surface area contributed by atoms with Gasteiger partial charge in [0.15, 0.2) is 0 Å². The van der Waals surface area contributed by atoms with Crippen LogP contribution in [0.1, 0.15) is 103 Å². The van der Waals surface area contributed by atoms with E-state index in [2.05, 4.69) is 13.8 Å². The van der Waals surface area contributed by atoms with Gasteiger partial charge in [-0.3, -0.25) is 4.79 Å². The predicted octanol–water partition coefficient (Wildman–Crippen LogP) is 7.10. The Labute approximate surface area is 176 Å². The molecule has 0 bridgehead atoms. The number of rotatable bonds is 20. The summed E-state index contributed by atoms with van der Waals surface area (Å²) >= 11 is 0. The van der Waals surface area contributed by atoms with Crippen molar-refractivity contribution in [1.29, 1.82) is 0 Å². The molecule has 0 N–H and O–H groups in total. The van der Waals surface area contributed by atoms with E-state index in [0.717, 1.165) is 17.7 Å². The van der Waals surface area contributed by atoms with Gasteiger partial charge in [-0.2, -0.15) is 13.2 Å². The molecule has 3 nitrogen and oxygen atoms in total. The summed E-state index contributed by atoms with van der Waals surface area (Å²) in [4.78, 5) is 12.1. The Morgan fingerprint density at radius 2 is 1.21 bits per heavy atom. The van der Waals surface area contributed by atoms with Crippen molar-refractivity contribution in [3.63, 3.8) is 0 Å². The third-order valence-corrected chi connectivity index (χ3v) is 5.07. The molecule has 0 unspecified atom stereocenters. The Hall–Kier alpha value is -0.780. The Balaban J connectivity index is 3.41. The molecule has 0 aromatic heterocycles. The predicted molar refractivity (Wildman–Crippen MR) is 114 cm³/mol. The smallest absolute Gasteiger partial charge is 0.381 e. The molecule has 0 heterocycles. The summed E-state index contributed by atoms with van der Waals surface area (Å²) in [5.41, 5.74) is 0. The molecule has 0 spiro atoms. The van der Waals surface area contributed by atoms with Crippen molar-refractivity contribution in [2.45, 2.75) is 109 Å². The molecule has 0 saturated heterocycles. The highest BCUT2D eigenvalue weighted by molar-refractivity contribution is 5.81. The van der Waals surface area contributed by atoms with Gasteiger partial charge in [0.1, 0.15) is 0 Å². The summed E-state index contributed by atoms with van der Waals surface area (Å²) in [6.45, 7) is 6.88. The second-order valence-corrected chi connectivity index (χ2v) is 7.85. The van der Waals surface area contributed by atoms with Gasteiger partial charge in [-0.05, 0) is 19.3 Å². The molecule has 0 fully saturated rings. The number of alkyl halides is 3. The first-order valence-corrected chi connectivity index (χ1v) is 11.7. The molecular formula is C23H43F3NO2. The monoisotopic (exact) mass is 422 g/mol. The Morgan fingerprint density at radius 1 is 0.759 bits per heavy atom. The second-order valence-electron chi connectivity index (χ2n) is 7.85. The van der Waals surface area contributed by atoms with E-state index in [1.54, 1.807) is 0 Å². The third-order valence-electron chi connectivity index (χ3n) is 5.07. The molecule has 6 heteroatoms. The standard InChI is InChI=1S/C23H43F3NO2/c1-3-5-6-7-8-9-10-11-12-13-14-15-16-20-29-21-17-19-27(18-4-2)22(28)23(24,25)26/h2-21H2,1H3. The van der Waals surface area contributed by atoms with E-state index in [4.69, 9.17) is 4.74 Å². The van der Waals surface area contributed by atoms with Gasteiger partial charge in [0.25, 0.3) is 0 Å². The van der Waals surface area contributed by atoms with Gasteiger partial charge in [0, 0.05) is 26.3 Å². The fraction of sp³-hybridized carbons (Fsp3) is 0.913. The van der Waals surface area contributed by atoms with Crippen LogP contribution in [0.2, 0.25) is 0 Å². The summed E-state index contributed by atoms with van der Waals surface area (Å²) in [6, 6.07) is 0. The molecule has 0 atom stereocenters. The zero-order valence-corrected chi connectivity index (χ0v) is 18.5. The van der Waals surface area contributed by atoms with Crippen LogP contribution in [0.3, 0.4) is 0 Å². The first kappa shape index (κ1) is 28.2. The van der Waals surface area contributed by atoms with Crippen molar-refractivity contribution in [2.24, 2.45) is 0 Å². The van der Waals surface area contributed by atoms with Crippen LogP contribution < -0.4 is 0 Å². The van der Waals surface area contributed by atoms with Gasteiger partial charge in [-0.25, -0.2) is 0 Å². The molecule has 1 amide bonds. The number of unbranched alkanes of at least 4 members (excludes halogenated alkanes) is 12. The molecule has 0 aliphatic rings. The maximum atomic E-state index is 12.5. The number of amides is 1. The highest BCUT2D eigenvalue weighted by Gasteiger charge is 2.41. The normalized spacial score (nSPS) is 11.8. The third kappa shape index (κ3) is 17.8. The number of carbonyl (C=O) groups excluding carboxylic acids is 1. The first-order valence-electron chi connectivity index (χ1n) is 11.7. The Bertz CT molecular complexity index is 376. The number of hydrogen-bond acceptors (Lipinski definition) is 2. The van der Waals surface area contributed by atoms with Crippen LogP contribution in [0.4, 0.5) is 13.2 Å². The van der Waals surface area contributed by atoms with Crippen LogP contribution in [0, 0.1) is 6.92 Å². The molecule has 0 aromatic carbocycles. The van der Waals surface area contributed by atoms with Gasteiger partial charge in [0.2, 0.25) is 0 Å². The Kier molecular flexibility index (Phi) is 18.7. The maximum Gasteiger partial charge on any atom is 0.471 e. The van der Waals surface area contributed by atoms with E-state index in [9.17, 15) is 18.0 Å². The lowest BCUT2D eigenvalue weighted by molar-refractivity contribution is -0.185. The highest BCUT2D eigenvalue weighted by atomic mass is 19.4. The van der Waals surface area contributed by atoms with Crippen LogP contribution >= 0.6 is 0 Å². The van der Waals surface area contributed by atoms with Crippen molar-refractivity contribution in [1.82, 2.24) is 4.90 Å². The van der Waals surface area contributed by atoms with E-state index in [1.165, 1.54) is 70.6 Å². The van der Waals surface area contributed by atoms with E-state index < -0.39 is 12.1 Å². The van der Waals surface area contributed by atoms with Gasteiger partial charge >= 0.3 is 12.1 Å². The van der Waals surface area contributed by atoms with Crippen LogP contribution in [0.5, 0.6) is 0 Å². The number of carbonyl (C=O) groups is 1. The molecule has 173 valence electrons. The van der Waals surface area contributed by atoms with Crippen LogP contribution in [0.15, 0.2) is 0 Å². The molecule has 0 saturated carbocycles. The molecule has 29 heavy (non-hydrogen) atoms. The Morgan fingerprint density at radius 3 is 1.66 bits per heavy atom.